The largest absolute Gasteiger partial charge is 0.394 e. The molecule has 3 heterocycles. The number of unbranched alkanes of at least 4 members (excludes halogenated alkanes) is 36. The number of hydrogen-bond acceptors (Lipinski definition) is 18. The van der Waals surface area contributed by atoms with Gasteiger partial charge in [0.1, 0.15) is 73.2 Å². The normalized spacial score (nSPS) is 29.3. The second-order valence-electron chi connectivity index (χ2n) is 24.7. The van der Waals surface area contributed by atoms with Crippen molar-refractivity contribution in [2.24, 2.45) is 0 Å². The Hall–Kier alpha value is -1.21. The molecule has 492 valence electrons. The van der Waals surface area contributed by atoms with Crippen molar-refractivity contribution < 1.29 is 89.4 Å². The van der Waals surface area contributed by atoms with Gasteiger partial charge in [0.15, 0.2) is 18.9 Å². The first-order chi connectivity index (χ1) is 40.3. The average molecular weight is 1190 g/mol. The molecule has 19 nitrogen and oxygen atoms in total. The number of carbonyl (C=O) groups excluding carboxylic acids is 1. The molecule has 0 aromatic carbocycles. The van der Waals surface area contributed by atoms with Crippen LogP contribution in [0.3, 0.4) is 0 Å². The molecule has 17 atom stereocenters. The third-order valence-corrected chi connectivity index (χ3v) is 17.4. The molecule has 0 radical (unpaired) electrons. The first-order valence-corrected chi connectivity index (χ1v) is 33.8. The fourth-order valence-corrected chi connectivity index (χ4v) is 11.9. The van der Waals surface area contributed by atoms with Gasteiger partial charge in [-0.3, -0.25) is 4.79 Å². The molecule has 0 bridgehead atoms. The Kier molecular flexibility index (Phi) is 43.7. The molecule has 12 N–H and O–H groups in total. The highest BCUT2D eigenvalue weighted by molar-refractivity contribution is 5.76. The van der Waals surface area contributed by atoms with E-state index in [4.69, 9.17) is 28.4 Å². The first-order valence-electron chi connectivity index (χ1n) is 33.8. The lowest BCUT2D eigenvalue weighted by Crippen LogP contribution is -2.66. The van der Waals surface area contributed by atoms with E-state index in [1.807, 2.05) is 0 Å². The van der Waals surface area contributed by atoms with Crippen molar-refractivity contribution in [2.75, 3.05) is 26.4 Å². The number of ether oxygens (including phenoxy) is 6. The zero-order valence-corrected chi connectivity index (χ0v) is 51.7. The number of aliphatic hydroxyl groups is 11. The number of aliphatic hydroxyl groups excluding tert-OH is 11. The van der Waals surface area contributed by atoms with Crippen LogP contribution in [0, 0.1) is 0 Å². The molecule has 0 aromatic rings. The summed E-state index contributed by atoms with van der Waals surface area (Å²) >= 11 is 0. The second-order valence-corrected chi connectivity index (χ2v) is 24.7. The highest BCUT2D eigenvalue weighted by Crippen LogP contribution is 2.33. The summed E-state index contributed by atoms with van der Waals surface area (Å²) in [4.78, 5) is 13.4. The van der Waals surface area contributed by atoms with Crippen LogP contribution in [-0.4, -0.2) is 193 Å². The highest BCUT2D eigenvalue weighted by Gasteiger charge is 2.53. The van der Waals surface area contributed by atoms with Crippen molar-refractivity contribution in [1.29, 1.82) is 0 Å². The van der Waals surface area contributed by atoms with Crippen LogP contribution in [0.2, 0.25) is 0 Å². The van der Waals surface area contributed by atoms with Gasteiger partial charge in [-0.05, 0) is 12.8 Å². The number of hydrogen-bond donors (Lipinski definition) is 12. The topological polar surface area (TPSA) is 307 Å². The van der Waals surface area contributed by atoms with Gasteiger partial charge in [0.05, 0.1) is 38.6 Å². The third-order valence-electron chi connectivity index (χ3n) is 17.4. The molecule has 3 fully saturated rings. The van der Waals surface area contributed by atoms with E-state index in [1.165, 1.54) is 193 Å². The van der Waals surface area contributed by atoms with Gasteiger partial charge in [0.2, 0.25) is 5.91 Å². The number of carbonyl (C=O) groups is 1. The summed E-state index contributed by atoms with van der Waals surface area (Å²) in [5, 5.41) is 121. The molecule has 3 saturated heterocycles. The molecular weight excluding hydrogens is 1070 g/mol. The summed E-state index contributed by atoms with van der Waals surface area (Å²) in [5.74, 6) is -0.237. The molecule has 0 spiro atoms. The molecular formula is C64H123NO18. The number of rotatable bonds is 52. The monoisotopic (exact) mass is 1190 g/mol. The van der Waals surface area contributed by atoms with Crippen molar-refractivity contribution in [3.63, 3.8) is 0 Å². The van der Waals surface area contributed by atoms with Crippen LogP contribution < -0.4 is 5.32 Å². The SMILES string of the molecule is CCCCCCCCCCCCCCCCCCCCCCCCCC(O)C(COC1OC(CO)C(OC2OC(CO)C(OC3OC(CO)C(O)C(O)C3O)C(O)C2O)C(O)C1O)NC(=O)CCCCCCCCCCCCCCCCC. The Balaban J connectivity index is 1.44. The van der Waals surface area contributed by atoms with Crippen LogP contribution in [0.5, 0.6) is 0 Å². The second kappa shape index (κ2) is 47.7. The van der Waals surface area contributed by atoms with Crippen molar-refractivity contribution in [3.8, 4) is 0 Å². The standard InChI is InChI=1S/C64H123NO18/c1-3-5-7-9-11-13-15-17-19-20-21-22-23-24-25-26-28-29-31-33-35-37-39-41-48(69)47(65-52(70)42-40-38-36-34-32-30-27-18-16-14-12-10-8-6-4-2)46-78-62-58(76)55(73)60(50(44-67)80-62)83-64-59(77)56(74)61(51(45-68)81-64)82-63-57(75)54(72)53(71)49(43-66)79-63/h47-51,53-64,66-69,71-77H,3-46H2,1-2H3,(H,65,70). The van der Waals surface area contributed by atoms with Crippen LogP contribution in [0.1, 0.15) is 271 Å². The molecule has 19 heteroatoms. The molecule has 3 rings (SSSR count). The van der Waals surface area contributed by atoms with Crippen LogP contribution in [-0.2, 0) is 33.2 Å². The minimum atomic E-state index is -1.97. The Bertz CT molecular complexity index is 1520. The predicted octanol–water partition coefficient (Wildman–Crippen LogP) is 7.94. The van der Waals surface area contributed by atoms with E-state index < -0.39 is 124 Å². The molecule has 3 aliphatic heterocycles. The van der Waals surface area contributed by atoms with Gasteiger partial charge >= 0.3 is 0 Å². The minimum absolute atomic E-state index is 0.237. The molecule has 0 aromatic heterocycles. The third kappa shape index (κ3) is 30.7. The lowest BCUT2D eigenvalue weighted by atomic mass is 9.96. The van der Waals surface area contributed by atoms with E-state index in [0.29, 0.717) is 12.8 Å². The maximum atomic E-state index is 13.4. The maximum absolute atomic E-state index is 13.4. The fourth-order valence-electron chi connectivity index (χ4n) is 11.9. The van der Waals surface area contributed by atoms with E-state index in [-0.39, 0.29) is 18.9 Å². The van der Waals surface area contributed by atoms with Gasteiger partial charge in [-0.1, -0.05) is 251 Å². The molecule has 0 aliphatic carbocycles. The van der Waals surface area contributed by atoms with E-state index in [0.717, 1.165) is 44.9 Å². The molecule has 3 aliphatic rings. The van der Waals surface area contributed by atoms with Crippen molar-refractivity contribution in [1.82, 2.24) is 5.32 Å². The predicted molar refractivity (Wildman–Crippen MR) is 319 cm³/mol. The van der Waals surface area contributed by atoms with Gasteiger partial charge < -0.3 is 89.9 Å². The van der Waals surface area contributed by atoms with Gasteiger partial charge in [0, 0.05) is 6.42 Å². The first kappa shape index (κ1) is 76.0. The zero-order valence-electron chi connectivity index (χ0n) is 51.7. The van der Waals surface area contributed by atoms with Crippen molar-refractivity contribution in [3.05, 3.63) is 0 Å². The summed E-state index contributed by atoms with van der Waals surface area (Å²) in [6.07, 6.45) is 21.8. The quantitative estimate of drug-likeness (QED) is 0.0257. The smallest absolute Gasteiger partial charge is 0.220 e. The van der Waals surface area contributed by atoms with E-state index in [1.54, 1.807) is 0 Å². The van der Waals surface area contributed by atoms with Gasteiger partial charge in [0.25, 0.3) is 0 Å². The van der Waals surface area contributed by atoms with Gasteiger partial charge in [-0.2, -0.15) is 0 Å². The summed E-state index contributed by atoms with van der Waals surface area (Å²) in [7, 11) is 0. The Morgan fingerprint density at radius 3 is 1.05 bits per heavy atom. The Morgan fingerprint density at radius 1 is 0.386 bits per heavy atom. The van der Waals surface area contributed by atoms with Crippen LogP contribution in [0.15, 0.2) is 0 Å². The zero-order chi connectivity index (χ0) is 60.5. The molecule has 1 amide bonds. The van der Waals surface area contributed by atoms with E-state index in [2.05, 4.69) is 19.2 Å². The lowest BCUT2D eigenvalue weighted by Gasteiger charge is -2.48. The summed E-state index contributed by atoms with van der Waals surface area (Å²) in [5.41, 5.74) is 0. The number of nitrogens with one attached hydrogen (secondary N) is 1. The molecule has 83 heavy (non-hydrogen) atoms. The summed E-state index contributed by atoms with van der Waals surface area (Å²) in [6.45, 7) is 1.83. The van der Waals surface area contributed by atoms with E-state index in [9.17, 15) is 61.0 Å². The van der Waals surface area contributed by atoms with Gasteiger partial charge in [-0.15, -0.1) is 0 Å². The van der Waals surface area contributed by atoms with Gasteiger partial charge in [-0.25, -0.2) is 0 Å². The van der Waals surface area contributed by atoms with Crippen LogP contribution in [0.4, 0.5) is 0 Å². The Labute approximate surface area is 500 Å². The van der Waals surface area contributed by atoms with E-state index >= 15 is 0 Å². The van der Waals surface area contributed by atoms with Crippen LogP contribution in [0.25, 0.3) is 0 Å². The summed E-state index contributed by atoms with van der Waals surface area (Å²) in [6, 6.07) is -0.881. The average Bonchev–Trinajstić information content (AvgIpc) is 3.37. The molecule has 0 saturated carbocycles. The minimum Gasteiger partial charge on any atom is -0.394 e. The van der Waals surface area contributed by atoms with Crippen LogP contribution >= 0.6 is 0 Å². The van der Waals surface area contributed by atoms with Crippen molar-refractivity contribution >= 4 is 5.91 Å². The summed E-state index contributed by atoms with van der Waals surface area (Å²) < 4.78 is 34.4. The lowest BCUT2D eigenvalue weighted by molar-refractivity contribution is -0.379. The Morgan fingerprint density at radius 2 is 0.687 bits per heavy atom. The number of amides is 1. The maximum Gasteiger partial charge on any atom is 0.220 e. The fraction of sp³-hybridized carbons (Fsp3) is 0.984. The highest BCUT2D eigenvalue weighted by atomic mass is 16.8. The van der Waals surface area contributed by atoms with Crippen molar-refractivity contribution in [2.45, 2.75) is 375 Å². The molecule has 17 unspecified atom stereocenters.